The third-order valence-electron chi connectivity index (χ3n) is 6.26. The number of carbonyl (C=O) groups is 3. The number of ether oxygens (including phenoxy) is 4. The lowest BCUT2D eigenvalue weighted by atomic mass is 9.95. The van der Waals surface area contributed by atoms with Crippen LogP contribution in [0.1, 0.15) is 36.6 Å². The minimum absolute atomic E-state index is 0.186. The molecule has 12 heteroatoms. The number of halogens is 1. The fourth-order valence-corrected chi connectivity index (χ4v) is 4.48. The van der Waals surface area contributed by atoms with E-state index in [2.05, 4.69) is 37.1 Å². The van der Waals surface area contributed by atoms with Crippen molar-refractivity contribution in [3.05, 3.63) is 99.2 Å². The Kier molecular flexibility index (Phi) is 10.8. The van der Waals surface area contributed by atoms with Gasteiger partial charge in [0.15, 0.2) is 18.1 Å². The SMILES string of the molecule is CCOC(=O)C1=C(C)NC(=O)N[C@H]1c1ccc(OCC(=O)N/N=C\c2ccccc2OCc2ccc(Br)cc2)c(OC)c1. The molecule has 1 atom stereocenters. The molecule has 3 amide bonds. The standard InChI is InChI=1S/C31H31BrN4O7/c1-4-41-30(38)28-19(2)34-31(39)35-29(28)21-11-14-25(26(15-21)40-3)43-18-27(37)36-33-16-22-7-5-6-8-24(22)42-17-20-9-12-23(32)13-10-20/h5-16,29H,4,17-18H2,1-3H3,(H,36,37)(H2,34,35,39)/b33-16-/t29-/m0/s1. The molecule has 1 heterocycles. The Balaban J connectivity index is 1.37. The number of esters is 1. The number of allylic oxidation sites excluding steroid dienone is 1. The molecule has 43 heavy (non-hydrogen) atoms. The molecule has 0 spiro atoms. The lowest BCUT2D eigenvalue weighted by Gasteiger charge is -2.28. The number of carbonyl (C=O) groups excluding carboxylic acids is 3. The molecule has 0 aliphatic carbocycles. The van der Waals surface area contributed by atoms with Gasteiger partial charge in [-0.2, -0.15) is 5.10 Å². The predicted octanol–water partition coefficient (Wildman–Crippen LogP) is 4.76. The number of methoxy groups -OCH3 is 1. The normalized spacial score (nSPS) is 14.5. The van der Waals surface area contributed by atoms with Crippen molar-refractivity contribution >= 4 is 40.1 Å². The largest absolute Gasteiger partial charge is 0.493 e. The van der Waals surface area contributed by atoms with Crippen LogP contribution >= 0.6 is 15.9 Å². The number of hydrazone groups is 1. The van der Waals surface area contributed by atoms with Crippen molar-refractivity contribution in [2.45, 2.75) is 26.5 Å². The van der Waals surface area contributed by atoms with Gasteiger partial charge in [-0.25, -0.2) is 15.0 Å². The smallest absolute Gasteiger partial charge is 0.338 e. The van der Waals surface area contributed by atoms with Gasteiger partial charge in [-0.1, -0.05) is 46.3 Å². The van der Waals surface area contributed by atoms with Gasteiger partial charge in [0.2, 0.25) is 0 Å². The zero-order valence-electron chi connectivity index (χ0n) is 23.8. The number of nitrogens with zero attached hydrogens (tertiary/aromatic N) is 1. The first kappa shape index (κ1) is 31.1. The van der Waals surface area contributed by atoms with Crippen LogP contribution in [0.15, 0.2) is 87.6 Å². The van der Waals surface area contributed by atoms with Crippen LogP contribution in [0.2, 0.25) is 0 Å². The Bertz CT molecular complexity index is 1540. The molecule has 3 aromatic rings. The van der Waals surface area contributed by atoms with Gasteiger partial charge in [-0.15, -0.1) is 0 Å². The fraction of sp³-hybridized carbons (Fsp3) is 0.226. The van der Waals surface area contributed by atoms with Crippen LogP contribution in [0.4, 0.5) is 4.79 Å². The fourth-order valence-electron chi connectivity index (χ4n) is 4.22. The summed E-state index contributed by atoms with van der Waals surface area (Å²) < 4.78 is 23.2. The van der Waals surface area contributed by atoms with Gasteiger partial charge in [0.25, 0.3) is 5.91 Å². The van der Waals surface area contributed by atoms with Gasteiger partial charge in [0, 0.05) is 15.7 Å². The van der Waals surface area contributed by atoms with Gasteiger partial charge in [0.05, 0.1) is 31.5 Å². The second-order valence-electron chi connectivity index (χ2n) is 9.24. The second kappa shape index (κ2) is 14.9. The zero-order valence-corrected chi connectivity index (χ0v) is 25.4. The Labute approximate surface area is 257 Å². The molecule has 0 fully saturated rings. The Morgan fingerprint density at radius 1 is 1.02 bits per heavy atom. The van der Waals surface area contributed by atoms with Gasteiger partial charge >= 0.3 is 12.0 Å². The van der Waals surface area contributed by atoms with E-state index in [4.69, 9.17) is 18.9 Å². The summed E-state index contributed by atoms with van der Waals surface area (Å²) in [4.78, 5) is 37.2. The van der Waals surface area contributed by atoms with Gasteiger partial charge in [-0.05, 0) is 61.4 Å². The van der Waals surface area contributed by atoms with Crippen LogP contribution in [0, 0.1) is 0 Å². The molecule has 0 saturated heterocycles. The molecule has 0 saturated carbocycles. The monoisotopic (exact) mass is 650 g/mol. The Hall–Kier alpha value is -4.84. The summed E-state index contributed by atoms with van der Waals surface area (Å²) in [5.41, 5.74) is 5.37. The highest BCUT2D eigenvalue weighted by Gasteiger charge is 2.32. The van der Waals surface area contributed by atoms with Crippen LogP contribution in [-0.2, 0) is 20.9 Å². The van der Waals surface area contributed by atoms with Crippen LogP contribution < -0.4 is 30.3 Å². The summed E-state index contributed by atoms with van der Waals surface area (Å²) in [7, 11) is 1.45. The van der Waals surface area contributed by atoms with Crippen molar-refractivity contribution in [3.63, 3.8) is 0 Å². The van der Waals surface area contributed by atoms with E-state index in [1.807, 2.05) is 48.5 Å². The van der Waals surface area contributed by atoms with Crippen LogP contribution in [0.5, 0.6) is 17.2 Å². The maximum absolute atomic E-state index is 12.6. The van der Waals surface area contributed by atoms with Crippen LogP contribution in [0.3, 0.4) is 0 Å². The van der Waals surface area contributed by atoms with E-state index in [9.17, 15) is 14.4 Å². The highest BCUT2D eigenvalue weighted by atomic mass is 79.9. The molecular formula is C31H31BrN4O7. The minimum Gasteiger partial charge on any atom is -0.493 e. The van der Waals surface area contributed by atoms with Gasteiger partial charge in [-0.3, -0.25) is 4.79 Å². The summed E-state index contributed by atoms with van der Waals surface area (Å²) >= 11 is 3.42. The summed E-state index contributed by atoms with van der Waals surface area (Å²) in [5.74, 6) is 0.165. The maximum atomic E-state index is 12.6. The van der Waals surface area contributed by atoms with E-state index < -0.39 is 23.9 Å². The van der Waals surface area contributed by atoms with Crippen LogP contribution in [-0.4, -0.2) is 44.4 Å². The van der Waals surface area contributed by atoms with Crippen molar-refractivity contribution in [3.8, 4) is 17.2 Å². The lowest BCUT2D eigenvalue weighted by Crippen LogP contribution is -2.45. The van der Waals surface area contributed by atoms with Crippen molar-refractivity contribution in [2.24, 2.45) is 5.10 Å². The molecule has 1 aliphatic rings. The minimum atomic E-state index is -0.768. The number of hydrogen-bond acceptors (Lipinski definition) is 8. The average molecular weight is 652 g/mol. The van der Waals surface area contributed by atoms with Gasteiger partial charge in [0.1, 0.15) is 12.4 Å². The molecule has 0 radical (unpaired) electrons. The van der Waals surface area contributed by atoms with Crippen LogP contribution in [0.25, 0.3) is 0 Å². The molecule has 224 valence electrons. The number of rotatable bonds is 12. The second-order valence-corrected chi connectivity index (χ2v) is 10.2. The molecule has 4 rings (SSSR count). The zero-order chi connectivity index (χ0) is 30.8. The summed E-state index contributed by atoms with van der Waals surface area (Å²) in [6.07, 6.45) is 1.49. The number of amides is 3. The third kappa shape index (κ3) is 8.35. The third-order valence-corrected chi connectivity index (χ3v) is 6.79. The molecule has 3 aromatic carbocycles. The highest BCUT2D eigenvalue weighted by Crippen LogP contribution is 2.34. The Morgan fingerprint density at radius 2 is 1.79 bits per heavy atom. The summed E-state index contributed by atoms with van der Waals surface area (Å²) in [6.45, 7) is 3.55. The lowest BCUT2D eigenvalue weighted by molar-refractivity contribution is -0.139. The van der Waals surface area contributed by atoms with E-state index in [-0.39, 0.29) is 24.5 Å². The predicted molar refractivity (Wildman–Crippen MR) is 163 cm³/mol. The first-order chi connectivity index (χ1) is 20.8. The Morgan fingerprint density at radius 3 is 2.53 bits per heavy atom. The number of hydrogen-bond donors (Lipinski definition) is 3. The maximum Gasteiger partial charge on any atom is 0.338 e. The number of para-hydroxylation sites is 1. The summed E-state index contributed by atoms with van der Waals surface area (Å²) in [5, 5.41) is 9.37. The molecule has 3 N–H and O–H groups in total. The van der Waals surface area contributed by atoms with E-state index in [0.29, 0.717) is 34.9 Å². The van der Waals surface area contributed by atoms with Crippen molar-refractivity contribution in [2.75, 3.05) is 20.3 Å². The number of nitrogens with one attached hydrogen (secondary N) is 3. The molecule has 1 aliphatic heterocycles. The summed E-state index contributed by atoms with van der Waals surface area (Å²) in [6, 6.07) is 18.8. The van der Waals surface area contributed by atoms with E-state index >= 15 is 0 Å². The molecule has 0 unspecified atom stereocenters. The first-order valence-electron chi connectivity index (χ1n) is 13.3. The molecule has 11 nitrogen and oxygen atoms in total. The van der Waals surface area contributed by atoms with E-state index in [0.717, 1.165) is 10.0 Å². The van der Waals surface area contributed by atoms with Crippen molar-refractivity contribution < 1.29 is 33.3 Å². The molecule has 0 bridgehead atoms. The number of benzene rings is 3. The quantitative estimate of drug-likeness (QED) is 0.146. The van der Waals surface area contributed by atoms with Crippen molar-refractivity contribution in [1.29, 1.82) is 0 Å². The molecule has 0 aromatic heterocycles. The van der Waals surface area contributed by atoms with Gasteiger partial charge < -0.3 is 29.6 Å². The molecular weight excluding hydrogens is 620 g/mol. The topological polar surface area (TPSA) is 137 Å². The van der Waals surface area contributed by atoms with Crippen molar-refractivity contribution in [1.82, 2.24) is 16.1 Å². The average Bonchev–Trinajstić information content (AvgIpc) is 3.00. The highest BCUT2D eigenvalue weighted by molar-refractivity contribution is 9.10. The van der Waals surface area contributed by atoms with E-state index in [1.165, 1.54) is 13.3 Å². The first-order valence-corrected chi connectivity index (χ1v) is 14.1. The van der Waals surface area contributed by atoms with E-state index in [1.54, 1.807) is 32.0 Å². The number of urea groups is 1.